The van der Waals surface area contributed by atoms with Crippen LogP contribution in [0.4, 0.5) is 11.4 Å². The monoisotopic (exact) mass is 365 g/mol. The summed E-state index contributed by atoms with van der Waals surface area (Å²) in [4.78, 5) is 0. The molecule has 0 aliphatic rings. The van der Waals surface area contributed by atoms with Crippen molar-refractivity contribution in [3.63, 3.8) is 0 Å². The first-order valence-electron chi connectivity index (χ1n) is 9.88. The van der Waals surface area contributed by atoms with Gasteiger partial charge in [-0.25, -0.2) is 0 Å². The van der Waals surface area contributed by atoms with Gasteiger partial charge in [0.2, 0.25) is 0 Å². The van der Waals surface area contributed by atoms with Crippen LogP contribution in [0.15, 0.2) is 83.3 Å². The molecule has 0 unspecified atom stereocenters. The van der Waals surface area contributed by atoms with E-state index in [4.69, 9.17) is 4.42 Å². The van der Waals surface area contributed by atoms with Gasteiger partial charge in [-0.05, 0) is 52.9 Å². The van der Waals surface area contributed by atoms with Gasteiger partial charge in [0.25, 0.3) is 0 Å². The summed E-state index contributed by atoms with van der Waals surface area (Å²) in [6.07, 6.45) is 1.00. The molecule has 0 aliphatic heterocycles. The molecule has 0 saturated carbocycles. The average molecular weight is 365 g/mol. The molecule has 0 aliphatic carbocycles. The van der Waals surface area contributed by atoms with Crippen LogP contribution in [0.25, 0.3) is 32.7 Å². The number of fused-ring (bicyclic) bond motifs is 5. The highest BCUT2D eigenvalue weighted by Gasteiger charge is 2.17. The first kappa shape index (κ1) is 16.9. The Morgan fingerprint density at radius 1 is 0.786 bits per heavy atom. The lowest BCUT2D eigenvalue weighted by molar-refractivity contribution is 0.624. The first-order valence-corrected chi connectivity index (χ1v) is 9.88. The number of hydrogen-bond donors (Lipinski definition) is 1. The van der Waals surface area contributed by atoms with Crippen LogP contribution in [0.1, 0.15) is 19.4 Å². The third-order valence-corrected chi connectivity index (χ3v) is 5.25. The van der Waals surface area contributed by atoms with E-state index in [0.717, 1.165) is 34.3 Å². The molecule has 2 nitrogen and oxygen atoms in total. The molecule has 1 N–H and O–H groups in total. The Balaban J connectivity index is 1.81. The fourth-order valence-electron chi connectivity index (χ4n) is 4.08. The number of hydrogen-bond acceptors (Lipinski definition) is 2. The quantitative estimate of drug-likeness (QED) is 0.353. The minimum absolute atomic E-state index is 0.569. The number of nitrogens with one attached hydrogen (secondary N) is 1. The van der Waals surface area contributed by atoms with Crippen molar-refractivity contribution in [3.8, 4) is 0 Å². The number of rotatable bonds is 4. The zero-order valence-corrected chi connectivity index (χ0v) is 16.2. The smallest absolute Gasteiger partial charge is 0.158 e. The van der Waals surface area contributed by atoms with Gasteiger partial charge in [-0.15, -0.1) is 0 Å². The Hall–Kier alpha value is -3.26. The Morgan fingerprint density at radius 2 is 1.54 bits per heavy atom. The predicted octanol–water partition coefficient (Wildman–Crippen LogP) is 7.68. The van der Waals surface area contributed by atoms with Crippen LogP contribution in [0.2, 0.25) is 0 Å². The van der Waals surface area contributed by atoms with E-state index in [1.54, 1.807) is 0 Å². The lowest BCUT2D eigenvalue weighted by Gasteiger charge is -2.08. The van der Waals surface area contributed by atoms with Gasteiger partial charge in [0.15, 0.2) is 5.58 Å². The van der Waals surface area contributed by atoms with Gasteiger partial charge < -0.3 is 9.73 Å². The van der Waals surface area contributed by atoms with Crippen molar-refractivity contribution in [2.75, 3.05) is 5.32 Å². The highest BCUT2D eigenvalue weighted by molar-refractivity contribution is 6.21. The van der Waals surface area contributed by atoms with Crippen LogP contribution < -0.4 is 5.32 Å². The third kappa shape index (κ3) is 2.82. The zero-order valence-electron chi connectivity index (χ0n) is 16.2. The predicted molar refractivity (Wildman–Crippen MR) is 119 cm³/mol. The number of anilines is 2. The maximum atomic E-state index is 6.53. The summed E-state index contributed by atoms with van der Waals surface area (Å²) in [5, 5.41) is 8.43. The van der Waals surface area contributed by atoms with Crippen molar-refractivity contribution in [1.82, 2.24) is 0 Å². The number of benzene rings is 4. The van der Waals surface area contributed by atoms with Crippen LogP contribution in [0, 0.1) is 5.92 Å². The van der Waals surface area contributed by atoms with E-state index in [-0.39, 0.29) is 0 Å². The van der Waals surface area contributed by atoms with E-state index in [9.17, 15) is 0 Å². The zero-order chi connectivity index (χ0) is 19.1. The Labute approximate surface area is 164 Å². The Morgan fingerprint density at radius 3 is 2.36 bits per heavy atom. The van der Waals surface area contributed by atoms with Crippen molar-refractivity contribution in [1.29, 1.82) is 0 Å². The molecule has 2 heteroatoms. The maximum Gasteiger partial charge on any atom is 0.158 e. The average Bonchev–Trinajstić information content (AvgIpc) is 3.10. The molecule has 5 rings (SSSR count). The molecule has 138 valence electrons. The van der Waals surface area contributed by atoms with Crippen LogP contribution in [-0.4, -0.2) is 0 Å². The van der Waals surface area contributed by atoms with Crippen LogP contribution >= 0.6 is 0 Å². The SMILES string of the molecule is CC(C)Cc1cc2ccccc2c2c1oc1c(Nc3ccccc3)cccc12. The summed E-state index contributed by atoms with van der Waals surface area (Å²) < 4.78 is 6.53. The summed E-state index contributed by atoms with van der Waals surface area (Å²) in [5.41, 5.74) is 5.28. The van der Waals surface area contributed by atoms with Crippen molar-refractivity contribution in [2.24, 2.45) is 5.92 Å². The molecule has 1 heterocycles. The van der Waals surface area contributed by atoms with Gasteiger partial charge >= 0.3 is 0 Å². The highest BCUT2D eigenvalue weighted by atomic mass is 16.3. The fraction of sp³-hybridized carbons (Fsp3) is 0.154. The second-order valence-corrected chi connectivity index (χ2v) is 7.83. The molecular weight excluding hydrogens is 342 g/mol. The van der Waals surface area contributed by atoms with Crippen LogP contribution in [0.5, 0.6) is 0 Å². The lowest BCUT2D eigenvalue weighted by Crippen LogP contribution is -1.94. The second kappa shape index (κ2) is 6.72. The Bertz CT molecular complexity index is 1280. The van der Waals surface area contributed by atoms with Gasteiger partial charge in [-0.3, -0.25) is 0 Å². The lowest BCUT2D eigenvalue weighted by atomic mass is 9.95. The molecular formula is C26H23NO. The molecule has 1 aromatic heterocycles. The van der Waals surface area contributed by atoms with Crippen molar-refractivity contribution >= 4 is 44.1 Å². The molecule has 0 spiro atoms. The second-order valence-electron chi connectivity index (χ2n) is 7.83. The molecule has 0 radical (unpaired) electrons. The van der Waals surface area contributed by atoms with Gasteiger partial charge in [0.1, 0.15) is 5.58 Å². The van der Waals surface area contributed by atoms with Gasteiger partial charge in [-0.1, -0.05) is 68.4 Å². The van der Waals surface area contributed by atoms with Gasteiger partial charge in [0, 0.05) is 16.5 Å². The summed E-state index contributed by atoms with van der Waals surface area (Å²) in [6.45, 7) is 4.51. The van der Waals surface area contributed by atoms with Gasteiger partial charge in [-0.2, -0.15) is 0 Å². The van der Waals surface area contributed by atoms with E-state index in [1.165, 1.54) is 21.7 Å². The van der Waals surface area contributed by atoms with E-state index in [1.807, 2.05) is 18.2 Å². The van der Waals surface area contributed by atoms with Crippen LogP contribution in [0.3, 0.4) is 0 Å². The molecule has 0 fully saturated rings. The number of para-hydroxylation sites is 2. The van der Waals surface area contributed by atoms with Crippen LogP contribution in [-0.2, 0) is 6.42 Å². The molecule has 0 amide bonds. The third-order valence-electron chi connectivity index (χ3n) is 5.25. The maximum absolute atomic E-state index is 6.53. The van der Waals surface area contributed by atoms with E-state index in [0.29, 0.717) is 5.92 Å². The normalized spacial score (nSPS) is 11.7. The topological polar surface area (TPSA) is 25.2 Å². The summed E-state index contributed by atoms with van der Waals surface area (Å²) in [6, 6.07) is 27.5. The molecule has 28 heavy (non-hydrogen) atoms. The van der Waals surface area contributed by atoms with Crippen molar-refractivity contribution < 1.29 is 4.42 Å². The Kier molecular flexibility index (Phi) is 4.05. The minimum atomic E-state index is 0.569. The standard InChI is InChI=1S/C26H23NO/c1-17(2)15-19-16-18-9-6-7-12-21(18)24-22-13-8-14-23(26(22)28-25(19)24)27-20-10-4-3-5-11-20/h3-14,16-17,27H,15H2,1-2H3. The van der Waals surface area contributed by atoms with E-state index < -0.39 is 0 Å². The first-order chi connectivity index (χ1) is 13.7. The fourth-order valence-corrected chi connectivity index (χ4v) is 4.08. The molecule has 4 aromatic carbocycles. The minimum Gasteiger partial charge on any atom is -0.454 e. The molecule has 0 atom stereocenters. The molecule has 0 saturated heterocycles. The van der Waals surface area contributed by atoms with Gasteiger partial charge in [0.05, 0.1) is 5.69 Å². The number of furan rings is 1. The van der Waals surface area contributed by atoms with E-state index in [2.05, 4.69) is 79.8 Å². The highest BCUT2D eigenvalue weighted by Crippen LogP contribution is 2.40. The largest absolute Gasteiger partial charge is 0.454 e. The molecule has 0 bridgehead atoms. The summed E-state index contributed by atoms with van der Waals surface area (Å²) >= 11 is 0. The van der Waals surface area contributed by atoms with Crippen molar-refractivity contribution in [3.05, 3.63) is 84.4 Å². The summed E-state index contributed by atoms with van der Waals surface area (Å²) in [7, 11) is 0. The molecule has 5 aromatic rings. The summed E-state index contributed by atoms with van der Waals surface area (Å²) in [5.74, 6) is 0.569. The van der Waals surface area contributed by atoms with Crippen molar-refractivity contribution in [2.45, 2.75) is 20.3 Å². The van der Waals surface area contributed by atoms with E-state index >= 15 is 0 Å².